The Labute approximate surface area is 219 Å². The van der Waals surface area contributed by atoms with Gasteiger partial charge in [-0.2, -0.15) is 0 Å². The average molecular weight is 512 g/mol. The highest BCUT2D eigenvalue weighted by molar-refractivity contribution is 6.44. The van der Waals surface area contributed by atoms with E-state index in [9.17, 15) is 19.5 Å². The van der Waals surface area contributed by atoms with Gasteiger partial charge in [0.1, 0.15) is 11.7 Å². The Morgan fingerprint density at radius 2 is 1.81 bits per heavy atom. The number of likely N-dealkylation sites (tertiary alicyclic amines) is 1. The maximum atomic E-state index is 13.8. The molecule has 3 rings (SSSR count). The molecule has 2 aromatic carbocycles. The van der Waals surface area contributed by atoms with Crippen LogP contribution in [-0.4, -0.2) is 67.9 Å². The summed E-state index contributed by atoms with van der Waals surface area (Å²) >= 11 is 0. The number of rotatable bonds is 12. The predicted octanol–water partition coefficient (Wildman–Crippen LogP) is 2.62. The van der Waals surface area contributed by atoms with Gasteiger partial charge in [-0.25, -0.2) is 0 Å². The maximum Gasteiger partial charge on any atom is 0.291 e. The molecule has 0 saturated carbocycles. The van der Waals surface area contributed by atoms with Crippen molar-refractivity contribution in [3.63, 3.8) is 0 Å². The normalized spacial score (nSPS) is 17.7. The fourth-order valence-electron chi connectivity index (χ4n) is 4.59. The highest BCUT2D eigenvalue weighted by atomic mass is 16.5. The molecular weight excluding hydrogens is 472 g/mol. The fourth-order valence-corrected chi connectivity index (χ4v) is 4.59. The predicted molar refractivity (Wildman–Crippen MR) is 140 cm³/mol. The van der Waals surface area contributed by atoms with Crippen molar-refractivity contribution >= 4 is 17.5 Å². The number of carbonyl (C=O) groups is 3. The number of amides is 1. The summed E-state index contributed by atoms with van der Waals surface area (Å²) in [7, 11) is 4.04. The molecular formula is C29H39N2O6+. The van der Waals surface area contributed by atoms with Gasteiger partial charge in [-0.15, -0.1) is 0 Å². The number of hydrogen-bond donors (Lipinski definition) is 2. The Morgan fingerprint density at radius 3 is 2.43 bits per heavy atom. The van der Waals surface area contributed by atoms with Crippen LogP contribution in [0, 0.1) is 18.8 Å². The van der Waals surface area contributed by atoms with E-state index in [1.165, 1.54) is 15.9 Å². The molecule has 2 unspecified atom stereocenters. The van der Waals surface area contributed by atoms with Crippen LogP contribution >= 0.6 is 0 Å². The first-order valence-corrected chi connectivity index (χ1v) is 12.9. The van der Waals surface area contributed by atoms with Crippen LogP contribution < -0.4 is 14.4 Å². The number of aromatic hydroxyl groups is 1. The third-order valence-electron chi connectivity index (χ3n) is 6.42. The van der Waals surface area contributed by atoms with E-state index in [1.807, 2.05) is 21.0 Å². The molecule has 8 heteroatoms. The summed E-state index contributed by atoms with van der Waals surface area (Å²) in [5.41, 5.74) is 1.72. The van der Waals surface area contributed by atoms with Crippen molar-refractivity contribution in [2.24, 2.45) is 11.8 Å². The van der Waals surface area contributed by atoms with Gasteiger partial charge in [-0.3, -0.25) is 14.4 Å². The Bertz CT molecular complexity index is 1140. The monoisotopic (exact) mass is 511 g/mol. The molecule has 1 aliphatic rings. The van der Waals surface area contributed by atoms with Crippen LogP contribution in [0.25, 0.3) is 0 Å². The number of phenolic OH excluding ortho intramolecular Hbond substituents is 1. The second-order valence-electron chi connectivity index (χ2n) is 10.3. The van der Waals surface area contributed by atoms with Crippen molar-refractivity contribution < 1.29 is 33.9 Å². The Balaban J connectivity index is 2.00. The minimum atomic E-state index is -1.19. The molecule has 1 heterocycles. The number of benzene rings is 2. The van der Waals surface area contributed by atoms with Crippen LogP contribution in [0.3, 0.4) is 0 Å². The number of aryl methyl sites for hydroxylation is 1. The summed E-state index contributed by atoms with van der Waals surface area (Å²) in [6, 6.07) is 9.06. The quantitative estimate of drug-likeness (QED) is 0.258. The van der Waals surface area contributed by atoms with Gasteiger partial charge in [-0.1, -0.05) is 19.9 Å². The number of nitrogens with one attached hydrogen (secondary N) is 1. The summed E-state index contributed by atoms with van der Waals surface area (Å²) < 4.78 is 11.4. The van der Waals surface area contributed by atoms with Crippen LogP contribution in [0.4, 0.5) is 0 Å². The summed E-state index contributed by atoms with van der Waals surface area (Å²) in [6.07, 6.45) is 0.677. The summed E-state index contributed by atoms with van der Waals surface area (Å²) in [5.74, 6) is -1.72. The maximum absolute atomic E-state index is 13.8. The summed E-state index contributed by atoms with van der Waals surface area (Å²) in [4.78, 5) is 43.0. The minimum absolute atomic E-state index is 0.0421. The standard InChI is InChI=1S/C29H38N2O6/c1-7-36-24-16-20(9-11-22(24)32)26-25(28(34)29(35)31(26)14-8-13-30(5)6)27(33)21-10-12-23(19(4)15-21)37-17-18(2)3/h9-12,15-16,18,25-26,32H,7-8,13-14,17H2,1-6H3/p+1. The minimum Gasteiger partial charge on any atom is -0.504 e. The molecule has 0 aromatic heterocycles. The Hall–Kier alpha value is -3.39. The van der Waals surface area contributed by atoms with Crippen molar-refractivity contribution in [3.05, 3.63) is 53.1 Å². The number of hydrogen-bond acceptors (Lipinski definition) is 6. The zero-order valence-corrected chi connectivity index (χ0v) is 22.7. The molecule has 200 valence electrons. The van der Waals surface area contributed by atoms with E-state index in [-0.39, 0.29) is 11.5 Å². The average Bonchev–Trinajstić information content (AvgIpc) is 3.09. The Kier molecular flexibility index (Phi) is 9.32. The smallest absolute Gasteiger partial charge is 0.291 e. The van der Waals surface area contributed by atoms with Crippen LogP contribution in [0.1, 0.15) is 54.7 Å². The highest BCUT2D eigenvalue weighted by Crippen LogP contribution is 2.41. The largest absolute Gasteiger partial charge is 0.504 e. The zero-order valence-electron chi connectivity index (χ0n) is 22.7. The molecule has 0 aliphatic carbocycles. The first kappa shape index (κ1) is 28.2. The van der Waals surface area contributed by atoms with Gasteiger partial charge in [-0.05, 0) is 61.2 Å². The topological polar surface area (TPSA) is 97.6 Å². The van der Waals surface area contributed by atoms with Crippen molar-refractivity contribution in [1.82, 2.24) is 4.90 Å². The van der Waals surface area contributed by atoms with E-state index in [0.29, 0.717) is 49.0 Å². The second kappa shape index (κ2) is 12.2. The lowest BCUT2D eigenvalue weighted by molar-refractivity contribution is -0.858. The first-order chi connectivity index (χ1) is 17.5. The van der Waals surface area contributed by atoms with Gasteiger partial charge in [0, 0.05) is 18.5 Å². The van der Waals surface area contributed by atoms with Crippen molar-refractivity contribution in [1.29, 1.82) is 0 Å². The number of ether oxygens (including phenoxy) is 2. The molecule has 0 bridgehead atoms. The summed E-state index contributed by atoms with van der Waals surface area (Å²) in [6.45, 7) is 9.81. The SMILES string of the molecule is CCOc1cc(C2C(C(=O)c3ccc(OCC(C)C)c(C)c3)C(=O)C(=O)N2CCC[NH+](C)C)ccc1O. The molecule has 0 radical (unpaired) electrons. The third kappa shape index (κ3) is 6.49. The molecule has 37 heavy (non-hydrogen) atoms. The molecule has 1 aliphatic heterocycles. The van der Waals surface area contributed by atoms with Gasteiger partial charge in [0.05, 0.1) is 39.9 Å². The van der Waals surface area contributed by atoms with Gasteiger partial charge >= 0.3 is 0 Å². The van der Waals surface area contributed by atoms with E-state index >= 15 is 0 Å². The van der Waals surface area contributed by atoms with Crippen LogP contribution in [0.15, 0.2) is 36.4 Å². The number of quaternary nitrogens is 1. The Morgan fingerprint density at radius 1 is 1.08 bits per heavy atom. The van der Waals surface area contributed by atoms with E-state index in [4.69, 9.17) is 9.47 Å². The molecule has 1 saturated heterocycles. The number of phenols is 1. The van der Waals surface area contributed by atoms with Crippen LogP contribution in [0.5, 0.6) is 17.2 Å². The lowest BCUT2D eigenvalue weighted by Crippen LogP contribution is -3.05. The fraction of sp³-hybridized carbons (Fsp3) is 0.483. The lowest BCUT2D eigenvalue weighted by atomic mass is 9.85. The highest BCUT2D eigenvalue weighted by Gasteiger charge is 2.51. The van der Waals surface area contributed by atoms with Crippen LogP contribution in [0.2, 0.25) is 0 Å². The molecule has 2 aromatic rings. The van der Waals surface area contributed by atoms with Gasteiger partial charge < -0.3 is 24.4 Å². The molecule has 1 fully saturated rings. The van der Waals surface area contributed by atoms with Crippen LogP contribution in [-0.2, 0) is 9.59 Å². The van der Waals surface area contributed by atoms with Gasteiger partial charge in [0.25, 0.3) is 5.91 Å². The molecule has 0 spiro atoms. The van der Waals surface area contributed by atoms with E-state index in [1.54, 1.807) is 37.3 Å². The third-order valence-corrected chi connectivity index (χ3v) is 6.42. The number of ketones is 2. The molecule has 8 nitrogen and oxygen atoms in total. The van der Waals surface area contributed by atoms with Crippen molar-refractivity contribution in [2.75, 3.05) is 40.4 Å². The van der Waals surface area contributed by atoms with Crippen molar-refractivity contribution in [3.8, 4) is 17.2 Å². The number of nitrogens with zero attached hydrogens (tertiary/aromatic N) is 1. The van der Waals surface area contributed by atoms with E-state index in [0.717, 1.165) is 12.1 Å². The lowest BCUT2D eigenvalue weighted by Gasteiger charge is -2.28. The molecule has 2 atom stereocenters. The van der Waals surface area contributed by atoms with E-state index in [2.05, 4.69) is 13.8 Å². The second-order valence-corrected chi connectivity index (χ2v) is 10.3. The van der Waals surface area contributed by atoms with Crippen molar-refractivity contribution in [2.45, 2.75) is 40.2 Å². The van der Waals surface area contributed by atoms with Gasteiger partial charge in [0.2, 0.25) is 5.78 Å². The number of Topliss-reactive ketones (excluding diaryl/α,β-unsaturated/α-hetero) is 2. The molecule has 2 N–H and O–H groups in total. The van der Waals surface area contributed by atoms with E-state index < -0.39 is 29.4 Å². The summed E-state index contributed by atoms with van der Waals surface area (Å²) in [5, 5.41) is 10.2. The zero-order chi connectivity index (χ0) is 27.3. The van der Waals surface area contributed by atoms with Gasteiger partial charge in [0.15, 0.2) is 17.3 Å². The molecule has 1 amide bonds. The first-order valence-electron chi connectivity index (χ1n) is 12.9. The number of carbonyl (C=O) groups excluding carboxylic acids is 3.